The van der Waals surface area contributed by atoms with Gasteiger partial charge in [0.1, 0.15) is 5.78 Å². The van der Waals surface area contributed by atoms with Crippen molar-refractivity contribution in [2.45, 2.75) is 111 Å². The van der Waals surface area contributed by atoms with Crippen LogP contribution in [0.4, 0.5) is 0 Å². The molecule has 4 rings (SSSR count). The van der Waals surface area contributed by atoms with E-state index in [-0.39, 0.29) is 6.10 Å². The minimum Gasteiger partial charge on any atom is -0.393 e. The highest BCUT2D eigenvalue weighted by molar-refractivity contribution is 5.79. The average molecular weight is 403 g/mol. The summed E-state index contributed by atoms with van der Waals surface area (Å²) in [5.41, 5.74) is 0.715. The van der Waals surface area contributed by atoms with Gasteiger partial charge in [0, 0.05) is 12.8 Å². The van der Waals surface area contributed by atoms with Gasteiger partial charge in [-0.25, -0.2) is 0 Å². The Bertz CT molecular complexity index is 612. The Kier molecular flexibility index (Phi) is 5.99. The van der Waals surface area contributed by atoms with Gasteiger partial charge in [-0.3, -0.25) is 4.79 Å². The first-order valence-electron chi connectivity index (χ1n) is 12.9. The quantitative estimate of drug-likeness (QED) is 0.559. The molecule has 9 atom stereocenters. The SMILES string of the molecule is CC(C)CCC[C@@H](C)[C@H]1CCC2C3C(O)C[C@H]4CC(=O)CC[C@]4(C)C3CC[C@@]21C. The highest BCUT2D eigenvalue weighted by Gasteiger charge is 2.62. The van der Waals surface area contributed by atoms with Crippen LogP contribution in [0.25, 0.3) is 0 Å². The number of carbonyl (C=O) groups is 1. The molecule has 2 nitrogen and oxygen atoms in total. The molecule has 0 spiro atoms. The van der Waals surface area contributed by atoms with Gasteiger partial charge >= 0.3 is 0 Å². The molecule has 0 saturated heterocycles. The first-order chi connectivity index (χ1) is 13.7. The number of fused-ring (bicyclic) bond motifs is 5. The van der Waals surface area contributed by atoms with Crippen molar-refractivity contribution < 1.29 is 9.90 Å². The Hall–Kier alpha value is -0.370. The number of hydrogen-bond acceptors (Lipinski definition) is 2. The van der Waals surface area contributed by atoms with Crippen LogP contribution in [-0.4, -0.2) is 17.0 Å². The molecular formula is C27H46O2. The lowest BCUT2D eigenvalue weighted by Gasteiger charge is -2.62. The predicted molar refractivity (Wildman–Crippen MR) is 119 cm³/mol. The van der Waals surface area contributed by atoms with Crippen molar-refractivity contribution in [1.29, 1.82) is 0 Å². The van der Waals surface area contributed by atoms with Crippen LogP contribution in [0.1, 0.15) is 105 Å². The highest BCUT2D eigenvalue weighted by atomic mass is 16.3. The van der Waals surface area contributed by atoms with Crippen LogP contribution in [0.3, 0.4) is 0 Å². The van der Waals surface area contributed by atoms with Crippen molar-refractivity contribution in [2.75, 3.05) is 0 Å². The average Bonchev–Trinajstić information content (AvgIpc) is 3.00. The highest BCUT2D eigenvalue weighted by Crippen LogP contribution is 2.68. The lowest BCUT2D eigenvalue weighted by molar-refractivity contribution is -0.168. The summed E-state index contributed by atoms with van der Waals surface area (Å²) in [6.07, 6.45) is 12.7. The predicted octanol–water partition coefficient (Wildman–Crippen LogP) is 6.65. The van der Waals surface area contributed by atoms with Crippen molar-refractivity contribution >= 4 is 5.78 Å². The molecule has 4 aliphatic rings. The topological polar surface area (TPSA) is 37.3 Å². The van der Waals surface area contributed by atoms with Gasteiger partial charge in [0.15, 0.2) is 0 Å². The number of carbonyl (C=O) groups excluding carboxylic acids is 1. The van der Waals surface area contributed by atoms with E-state index in [0.717, 1.165) is 43.4 Å². The second-order valence-electron chi connectivity index (χ2n) is 12.6. The first kappa shape index (κ1) is 21.8. The van der Waals surface area contributed by atoms with Crippen LogP contribution in [-0.2, 0) is 4.79 Å². The van der Waals surface area contributed by atoms with Gasteiger partial charge < -0.3 is 5.11 Å². The largest absolute Gasteiger partial charge is 0.393 e. The lowest BCUT2D eigenvalue weighted by Crippen LogP contribution is -2.58. The smallest absolute Gasteiger partial charge is 0.133 e. The maximum atomic E-state index is 12.1. The second-order valence-corrected chi connectivity index (χ2v) is 12.6. The molecular weight excluding hydrogens is 356 g/mol. The van der Waals surface area contributed by atoms with Gasteiger partial charge in [-0.15, -0.1) is 0 Å². The standard InChI is InChI=1S/C27H46O2/c1-17(2)7-6-8-18(3)21-9-10-22-25-23(12-14-27(21,22)5)26(4)13-11-20(28)15-19(26)16-24(25)29/h17-19,21-25,29H,6-16H2,1-5H3/t18-,19-,21-,22?,23?,24?,25?,26+,27-/m1/s1. The van der Waals surface area contributed by atoms with Crippen LogP contribution in [0, 0.1) is 52.3 Å². The summed E-state index contributed by atoms with van der Waals surface area (Å²) in [4.78, 5) is 12.1. The molecule has 2 heteroatoms. The summed E-state index contributed by atoms with van der Waals surface area (Å²) in [6, 6.07) is 0. The van der Waals surface area contributed by atoms with Crippen molar-refractivity contribution in [1.82, 2.24) is 0 Å². The minimum absolute atomic E-state index is 0.177. The molecule has 166 valence electrons. The molecule has 4 aliphatic carbocycles. The third-order valence-electron chi connectivity index (χ3n) is 10.7. The summed E-state index contributed by atoms with van der Waals surface area (Å²) < 4.78 is 0. The number of aliphatic hydroxyl groups is 1. The zero-order valence-corrected chi connectivity index (χ0v) is 19.8. The number of ketones is 1. The maximum absolute atomic E-state index is 12.1. The minimum atomic E-state index is -0.177. The van der Waals surface area contributed by atoms with Crippen molar-refractivity contribution in [2.24, 2.45) is 52.3 Å². The molecule has 29 heavy (non-hydrogen) atoms. The zero-order valence-electron chi connectivity index (χ0n) is 19.8. The first-order valence-corrected chi connectivity index (χ1v) is 12.9. The van der Waals surface area contributed by atoms with E-state index in [1.807, 2.05) is 0 Å². The molecule has 1 N–H and O–H groups in total. The molecule has 0 aromatic carbocycles. The van der Waals surface area contributed by atoms with E-state index in [0.29, 0.717) is 40.3 Å². The molecule has 0 bridgehead atoms. The van der Waals surface area contributed by atoms with E-state index < -0.39 is 0 Å². The summed E-state index contributed by atoms with van der Waals surface area (Å²) >= 11 is 0. The molecule has 4 unspecified atom stereocenters. The van der Waals surface area contributed by atoms with E-state index in [9.17, 15) is 9.90 Å². The number of aliphatic hydroxyl groups excluding tert-OH is 1. The molecule has 0 radical (unpaired) electrons. The van der Waals surface area contributed by atoms with Crippen molar-refractivity contribution in [3.63, 3.8) is 0 Å². The molecule has 4 fully saturated rings. The van der Waals surface area contributed by atoms with E-state index in [1.54, 1.807) is 0 Å². The summed E-state index contributed by atoms with van der Waals surface area (Å²) in [5.74, 6) is 5.16. The Morgan fingerprint density at radius 3 is 2.45 bits per heavy atom. The Labute approximate surface area is 179 Å². The van der Waals surface area contributed by atoms with Gasteiger partial charge in [0.25, 0.3) is 0 Å². The van der Waals surface area contributed by atoms with Gasteiger partial charge in [0.2, 0.25) is 0 Å². The van der Waals surface area contributed by atoms with Crippen molar-refractivity contribution in [3.05, 3.63) is 0 Å². The molecule has 4 saturated carbocycles. The van der Waals surface area contributed by atoms with E-state index >= 15 is 0 Å². The Morgan fingerprint density at radius 2 is 1.72 bits per heavy atom. The van der Waals surface area contributed by atoms with Crippen molar-refractivity contribution in [3.8, 4) is 0 Å². The van der Waals surface area contributed by atoms with Gasteiger partial charge in [-0.1, -0.05) is 53.9 Å². The lowest BCUT2D eigenvalue weighted by atomic mass is 9.44. The molecule has 0 aromatic rings. The van der Waals surface area contributed by atoms with E-state index in [4.69, 9.17) is 0 Å². The normalized spacial score (nSPS) is 48.2. The van der Waals surface area contributed by atoms with Crippen LogP contribution in [0.5, 0.6) is 0 Å². The summed E-state index contributed by atoms with van der Waals surface area (Å²) in [6.45, 7) is 12.3. The Morgan fingerprint density at radius 1 is 1.00 bits per heavy atom. The maximum Gasteiger partial charge on any atom is 0.133 e. The fraction of sp³-hybridized carbons (Fsp3) is 0.963. The summed E-state index contributed by atoms with van der Waals surface area (Å²) in [7, 11) is 0. The van der Waals surface area contributed by atoms with Gasteiger partial charge in [-0.05, 0) is 90.8 Å². The second kappa shape index (κ2) is 7.95. The fourth-order valence-electron chi connectivity index (χ4n) is 9.04. The molecule has 0 aliphatic heterocycles. The number of Topliss-reactive ketones (excluding diaryl/α,β-unsaturated/α-hetero) is 1. The van der Waals surface area contributed by atoms with Crippen LogP contribution in [0.15, 0.2) is 0 Å². The van der Waals surface area contributed by atoms with E-state index in [1.165, 1.54) is 44.9 Å². The fourth-order valence-corrected chi connectivity index (χ4v) is 9.04. The molecule has 0 amide bonds. The van der Waals surface area contributed by atoms with E-state index in [2.05, 4.69) is 34.6 Å². The Balaban J connectivity index is 1.51. The zero-order chi connectivity index (χ0) is 21.0. The monoisotopic (exact) mass is 402 g/mol. The van der Waals surface area contributed by atoms with Crippen LogP contribution < -0.4 is 0 Å². The van der Waals surface area contributed by atoms with Crippen LogP contribution >= 0.6 is 0 Å². The van der Waals surface area contributed by atoms with Crippen LogP contribution in [0.2, 0.25) is 0 Å². The third-order valence-corrected chi connectivity index (χ3v) is 10.7. The molecule has 0 aromatic heterocycles. The number of rotatable bonds is 5. The summed E-state index contributed by atoms with van der Waals surface area (Å²) in [5, 5.41) is 11.3. The van der Waals surface area contributed by atoms with Gasteiger partial charge in [0.05, 0.1) is 6.10 Å². The number of hydrogen-bond donors (Lipinski definition) is 1. The van der Waals surface area contributed by atoms with Gasteiger partial charge in [-0.2, -0.15) is 0 Å². The third kappa shape index (κ3) is 3.64. The molecule has 0 heterocycles.